The fourth-order valence-electron chi connectivity index (χ4n) is 1.83. The Hall–Kier alpha value is -1.71. The van der Waals surface area contributed by atoms with E-state index in [1.165, 1.54) is 7.11 Å². The number of esters is 1. The van der Waals surface area contributed by atoms with E-state index in [1.807, 2.05) is 25.1 Å². The third kappa shape index (κ3) is 1.60. The Morgan fingerprint density at radius 1 is 1.56 bits per heavy atom. The van der Waals surface area contributed by atoms with Crippen LogP contribution in [0.25, 0.3) is 0 Å². The molecular weight excluding hydrogens is 206 g/mol. The van der Waals surface area contributed by atoms with Gasteiger partial charge in [-0.15, -0.1) is 0 Å². The summed E-state index contributed by atoms with van der Waals surface area (Å²) in [6.45, 7) is 4.02. The van der Waals surface area contributed by atoms with Gasteiger partial charge in [-0.3, -0.25) is 0 Å². The first kappa shape index (κ1) is 10.8. The second-order valence-electron chi connectivity index (χ2n) is 4.19. The van der Waals surface area contributed by atoms with Crippen LogP contribution in [-0.4, -0.2) is 25.2 Å². The number of ether oxygens (including phenoxy) is 2. The summed E-state index contributed by atoms with van der Waals surface area (Å²) in [5.41, 5.74) is 1.08. The van der Waals surface area contributed by atoms with Gasteiger partial charge in [0.1, 0.15) is 12.4 Å². The maximum atomic E-state index is 11.6. The van der Waals surface area contributed by atoms with Crippen LogP contribution in [0.4, 0.5) is 5.69 Å². The molecule has 1 heterocycles. The number of aryl methyl sites for hydroxylation is 1. The molecule has 0 fully saturated rings. The molecule has 0 amide bonds. The Morgan fingerprint density at radius 3 is 3.00 bits per heavy atom. The molecule has 0 aliphatic carbocycles. The molecule has 4 heteroatoms. The summed E-state index contributed by atoms with van der Waals surface area (Å²) < 4.78 is 10.4. The summed E-state index contributed by atoms with van der Waals surface area (Å²) in [4.78, 5) is 11.6. The van der Waals surface area contributed by atoms with Gasteiger partial charge >= 0.3 is 5.97 Å². The highest BCUT2D eigenvalue weighted by Gasteiger charge is 2.39. The first-order valence-electron chi connectivity index (χ1n) is 5.16. The smallest absolute Gasteiger partial charge is 0.334 e. The topological polar surface area (TPSA) is 47.6 Å². The van der Waals surface area contributed by atoms with Gasteiger partial charge in [-0.2, -0.15) is 0 Å². The summed E-state index contributed by atoms with van der Waals surface area (Å²) in [6.07, 6.45) is 0. The van der Waals surface area contributed by atoms with Crippen molar-refractivity contribution in [1.82, 2.24) is 0 Å². The molecule has 0 bridgehead atoms. The lowest BCUT2D eigenvalue weighted by molar-refractivity contribution is -0.146. The van der Waals surface area contributed by atoms with Crippen LogP contribution >= 0.6 is 0 Å². The van der Waals surface area contributed by atoms with Crippen LogP contribution in [-0.2, 0) is 9.53 Å². The average molecular weight is 221 g/mol. The van der Waals surface area contributed by atoms with Crippen LogP contribution < -0.4 is 10.1 Å². The maximum absolute atomic E-state index is 11.6. The summed E-state index contributed by atoms with van der Waals surface area (Å²) in [5, 5.41) is 3.17. The largest absolute Gasteiger partial charge is 0.488 e. The number of hydrogen-bond acceptors (Lipinski definition) is 4. The van der Waals surface area contributed by atoms with Crippen molar-refractivity contribution < 1.29 is 14.3 Å². The van der Waals surface area contributed by atoms with Gasteiger partial charge in [-0.25, -0.2) is 4.79 Å². The third-order valence-electron chi connectivity index (χ3n) is 2.76. The first-order chi connectivity index (χ1) is 7.57. The number of para-hydroxylation sites is 1. The van der Waals surface area contributed by atoms with Crippen LogP contribution in [0.2, 0.25) is 0 Å². The zero-order valence-electron chi connectivity index (χ0n) is 9.66. The Balaban J connectivity index is 2.34. The minimum absolute atomic E-state index is 0.275. The van der Waals surface area contributed by atoms with E-state index < -0.39 is 5.54 Å². The molecule has 1 unspecified atom stereocenters. The molecule has 1 atom stereocenters. The lowest BCUT2D eigenvalue weighted by Gasteiger charge is -2.34. The highest BCUT2D eigenvalue weighted by molar-refractivity contribution is 5.86. The molecule has 1 aromatic carbocycles. The minimum Gasteiger partial charge on any atom is -0.488 e. The molecule has 1 N–H and O–H groups in total. The zero-order chi connectivity index (χ0) is 11.8. The van der Waals surface area contributed by atoms with Crippen molar-refractivity contribution in [3.63, 3.8) is 0 Å². The molecule has 0 saturated carbocycles. The predicted octanol–water partition coefficient (Wildman–Crippen LogP) is 1.73. The summed E-state index contributed by atoms with van der Waals surface area (Å²) in [7, 11) is 1.38. The van der Waals surface area contributed by atoms with E-state index >= 15 is 0 Å². The number of fused-ring (bicyclic) bond motifs is 1. The molecule has 0 radical (unpaired) electrons. The van der Waals surface area contributed by atoms with Crippen LogP contribution in [0.1, 0.15) is 12.5 Å². The van der Waals surface area contributed by atoms with Crippen LogP contribution in [0.3, 0.4) is 0 Å². The fraction of sp³-hybridized carbons (Fsp3) is 0.417. The van der Waals surface area contributed by atoms with Gasteiger partial charge in [0.05, 0.1) is 12.8 Å². The number of methoxy groups -OCH3 is 1. The monoisotopic (exact) mass is 221 g/mol. The number of carbonyl (C=O) groups is 1. The van der Waals surface area contributed by atoms with Crippen LogP contribution in [0.5, 0.6) is 5.75 Å². The maximum Gasteiger partial charge on any atom is 0.334 e. The van der Waals surface area contributed by atoms with E-state index in [0.717, 1.165) is 17.0 Å². The van der Waals surface area contributed by atoms with Crippen LogP contribution in [0.15, 0.2) is 18.2 Å². The molecule has 2 rings (SSSR count). The molecule has 16 heavy (non-hydrogen) atoms. The second kappa shape index (κ2) is 3.70. The number of benzene rings is 1. The van der Waals surface area contributed by atoms with Crippen molar-refractivity contribution >= 4 is 11.7 Å². The molecular formula is C12H15NO3. The zero-order valence-corrected chi connectivity index (χ0v) is 9.66. The Kier molecular flexibility index (Phi) is 2.50. The standard InChI is InChI=1S/C12H15NO3/c1-8-5-4-6-9-10(8)16-7-12(2,13-9)11(14)15-3/h4-6,13H,7H2,1-3H3. The quantitative estimate of drug-likeness (QED) is 0.734. The highest BCUT2D eigenvalue weighted by Crippen LogP contribution is 2.35. The molecule has 1 aliphatic heterocycles. The molecule has 4 nitrogen and oxygen atoms in total. The van der Waals surface area contributed by atoms with Crippen LogP contribution in [0, 0.1) is 6.92 Å². The van der Waals surface area contributed by atoms with Gasteiger partial charge in [0.2, 0.25) is 0 Å². The fourth-order valence-corrected chi connectivity index (χ4v) is 1.83. The van der Waals surface area contributed by atoms with E-state index in [0.29, 0.717) is 0 Å². The van der Waals surface area contributed by atoms with E-state index in [2.05, 4.69) is 5.32 Å². The highest BCUT2D eigenvalue weighted by atomic mass is 16.5. The van der Waals surface area contributed by atoms with Crippen molar-refractivity contribution in [2.24, 2.45) is 0 Å². The molecule has 0 saturated heterocycles. The van der Waals surface area contributed by atoms with Crippen molar-refractivity contribution in [3.8, 4) is 5.75 Å². The van der Waals surface area contributed by atoms with Gasteiger partial charge in [-0.1, -0.05) is 12.1 Å². The van der Waals surface area contributed by atoms with Gasteiger partial charge in [0.25, 0.3) is 0 Å². The van der Waals surface area contributed by atoms with E-state index in [-0.39, 0.29) is 12.6 Å². The van der Waals surface area contributed by atoms with Gasteiger partial charge in [0, 0.05) is 0 Å². The number of hydrogen-bond donors (Lipinski definition) is 1. The molecule has 86 valence electrons. The van der Waals surface area contributed by atoms with Crippen molar-refractivity contribution in [2.75, 3.05) is 19.0 Å². The van der Waals surface area contributed by atoms with Crippen molar-refractivity contribution in [3.05, 3.63) is 23.8 Å². The summed E-state index contributed by atoms with van der Waals surface area (Å²) in [5.74, 6) is 0.489. The Bertz CT molecular complexity index is 430. The number of anilines is 1. The summed E-state index contributed by atoms with van der Waals surface area (Å²) >= 11 is 0. The third-order valence-corrected chi connectivity index (χ3v) is 2.76. The van der Waals surface area contributed by atoms with E-state index in [9.17, 15) is 4.79 Å². The first-order valence-corrected chi connectivity index (χ1v) is 5.16. The van der Waals surface area contributed by atoms with E-state index in [4.69, 9.17) is 9.47 Å². The SMILES string of the molecule is COC(=O)C1(C)COc2c(C)cccc2N1. The van der Waals surface area contributed by atoms with Crippen molar-refractivity contribution in [2.45, 2.75) is 19.4 Å². The Labute approximate surface area is 94.6 Å². The van der Waals surface area contributed by atoms with Gasteiger partial charge < -0.3 is 14.8 Å². The second-order valence-corrected chi connectivity index (χ2v) is 4.19. The number of nitrogens with one attached hydrogen (secondary N) is 1. The van der Waals surface area contributed by atoms with E-state index in [1.54, 1.807) is 6.92 Å². The average Bonchev–Trinajstić information content (AvgIpc) is 2.28. The predicted molar refractivity (Wildman–Crippen MR) is 60.7 cm³/mol. The normalized spacial score (nSPS) is 22.7. The molecule has 1 aliphatic rings. The Morgan fingerprint density at radius 2 is 2.31 bits per heavy atom. The molecule has 1 aromatic rings. The minimum atomic E-state index is -0.810. The summed E-state index contributed by atoms with van der Waals surface area (Å²) in [6, 6.07) is 5.79. The number of rotatable bonds is 1. The van der Waals surface area contributed by atoms with Gasteiger partial charge in [0.15, 0.2) is 5.54 Å². The number of carbonyl (C=O) groups excluding carboxylic acids is 1. The molecule has 0 spiro atoms. The lowest BCUT2D eigenvalue weighted by atomic mass is 10.0. The molecule has 0 aromatic heterocycles. The lowest BCUT2D eigenvalue weighted by Crippen LogP contribution is -2.51. The van der Waals surface area contributed by atoms with Crippen molar-refractivity contribution in [1.29, 1.82) is 0 Å². The van der Waals surface area contributed by atoms with Gasteiger partial charge in [-0.05, 0) is 25.5 Å².